The normalized spacial score (nSPS) is 23.1. The molecule has 0 aliphatic carbocycles. The molecule has 0 saturated carbocycles. The van der Waals surface area contributed by atoms with Gasteiger partial charge in [-0.15, -0.1) is 11.8 Å². The Morgan fingerprint density at radius 1 is 1.33 bits per heavy atom. The Hall–Kier alpha value is -0.910. The lowest BCUT2D eigenvalue weighted by Gasteiger charge is -2.29. The number of hydrogen-bond acceptors (Lipinski definition) is 3. The van der Waals surface area contributed by atoms with E-state index >= 15 is 0 Å². The molecule has 1 heterocycles. The van der Waals surface area contributed by atoms with Crippen LogP contribution in [0.15, 0.2) is 0 Å². The number of carboxylic acid groups (broad SMARTS) is 1. The number of carbonyl (C=O) groups excluding carboxylic acids is 1. The molecule has 2 amide bonds. The van der Waals surface area contributed by atoms with Gasteiger partial charge in [0.1, 0.15) is 6.04 Å². The first-order chi connectivity index (χ1) is 10.0. The molecule has 0 aromatic carbocycles. The molecule has 1 rings (SSSR count). The minimum atomic E-state index is -0.908. The number of unbranched alkanes of at least 4 members (excludes halogenated alkanes) is 2. The molecular formula is C15H28N2O3S. The Balaban J connectivity index is 2.59. The van der Waals surface area contributed by atoms with Crippen LogP contribution < -0.4 is 5.32 Å². The van der Waals surface area contributed by atoms with Gasteiger partial charge in [0.2, 0.25) is 0 Å². The molecule has 5 nitrogen and oxygen atoms in total. The van der Waals surface area contributed by atoms with Gasteiger partial charge < -0.3 is 10.4 Å². The van der Waals surface area contributed by atoms with Crippen LogP contribution in [-0.4, -0.2) is 45.2 Å². The summed E-state index contributed by atoms with van der Waals surface area (Å²) in [6, 6.07) is -0.837. The van der Waals surface area contributed by atoms with Crippen molar-refractivity contribution in [3.05, 3.63) is 0 Å². The van der Waals surface area contributed by atoms with Crippen LogP contribution in [0.3, 0.4) is 0 Å². The SMILES string of the molecule is CCCCCC(C)NC(=O)N1C(CCC)SCC1C(=O)O. The van der Waals surface area contributed by atoms with Gasteiger partial charge in [0.25, 0.3) is 0 Å². The van der Waals surface area contributed by atoms with Crippen molar-refractivity contribution in [1.82, 2.24) is 10.2 Å². The summed E-state index contributed by atoms with van der Waals surface area (Å²) in [6.07, 6.45) is 6.13. The minimum absolute atomic E-state index is 0.0149. The average Bonchev–Trinajstić information content (AvgIpc) is 2.83. The molecule has 0 radical (unpaired) electrons. The number of carbonyl (C=O) groups is 2. The maximum Gasteiger partial charge on any atom is 0.327 e. The zero-order valence-corrected chi connectivity index (χ0v) is 14.1. The highest BCUT2D eigenvalue weighted by atomic mass is 32.2. The van der Waals surface area contributed by atoms with Crippen molar-refractivity contribution in [2.75, 3.05) is 5.75 Å². The monoisotopic (exact) mass is 316 g/mol. The lowest BCUT2D eigenvalue weighted by molar-refractivity contribution is -0.141. The van der Waals surface area contributed by atoms with E-state index < -0.39 is 12.0 Å². The number of nitrogens with zero attached hydrogens (tertiary/aromatic N) is 1. The number of rotatable bonds is 8. The van der Waals surface area contributed by atoms with E-state index in [1.54, 1.807) is 11.8 Å². The molecule has 1 saturated heterocycles. The first-order valence-corrected chi connectivity index (χ1v) is 8.99. The van der Waals surface area contributed by atoms with Crippen LogP contribution in [0.4, 0.5) is 4.79 Å². The van der Waals surface area contributed by atoms with Crippen molar-refractivity contribution in [3.63, 3.8) is 0 Å². The fourth-order valence-electron chi connectivity index (χ4n) is 2.55. The number of nitrogens with one attached hydrogen (secondary N) is 1. The summed E-state index contributed by atoms with van der Waals surface area (Å²) in [6.45, 7) is 6.19. The molecule has 1 aliphatic heterocycles. The predicted molar refractivity (Wildman–Crippen MR) is 86.6 cm³/mol. The third-order valence-corrected chi connectivity index (χ3v) is 5.11. The quantitative estimate of drug-likeness (QED) is 0.674. The molecule has 0 aromatic heterocycles. The van der Waals surface area contributed by atoms with Crippen LogP contribution in [0.5, 0.6) is 0 Å². The van der Waals surface area contributed by atoms with Crippen LogP contribution in [0, 0.1) is 0 Å². The second-order valence-corrected chi connectivity index (χ2v) is 6.90. The smallest absolute Gasteiger partial charge is 0.327 e. The van der Waals surface area contributed by atoms with Crippen molar-refractivity contribution in [2.45, 2.75) is 76.8 Å². The lowest BCUT2D eigenvalue weighted by atomic mass is 10.1. The van der Waals surface area contributed by atoms with Crippen LogP contribution in [-0.2, 0) is 4.79 Å². The molecular weight excluding hydrogens is 288 g/mol. The van der Waals surface area contributed by atoms with Gasteiger partial charge >= 0.3 is 12.0 Å². The molecule has 6 heteroatoms. The molecule has 0 spiro atoms. The summed E-state index contributed by atoms with van der Waals surface area (Å²) in [5.41, 5.74) is 0. The van der Waals surface area contributed by atoms with E-state index in [0.717, 1.165) is 38.5 Å². The number of amides is 2. The van der Waals surface area contributed by atoms with Crippen molar-refractivity contribution < 1.29 is 14.7 Å². The molecule has 0 aromatic rings. The number of urea groups is 1. The first kappa shape index (κ1) is 18.1. The fraction of sp³-hybridized carbons (Fsp3) is 0.867. The van der Waals surface area contributed by atoms with E-state index in [4.69, 9.17) is 0 Å². The molecule has 3 atom stereocenters. The number of carboxylic acids is 1. The third kappa shape index (κ3) is 5.41. The summed E-state index contributed by atoms with van der Waals surface area (Å²) in [4.78, 5) is 25.3. The van der Waals surface area contributed by atoms with E-state index in [1.807, 2.05) is 6.92 Å². The van der Waals surface area contributed by atoms with E-state index in [0.29, 0.717) is 5.75 Å². The minimum Gasteiger partial charge on any atom is -0.480 e. The van der Waals surface area contributed by atoms with Crippen LogP contribution in [0.25, 0.3) is 0 Å². The van der Waals surface area contributed by atoms with Gasteiger partial charge in [0.15, 0.2) is 0 Å². The largest absolute Gasteiger partial charge is 0.480 e. The summed E-state index contributed by atoms with van der Waals surface area (Å²) < 4.78 is 0. The van der Waals surface area contributed by atoms with Gasteiger partial charge in [-0.2, -0.15) is 0 Å². The van der Waals surface area contributed by atoms with E-state index in [9.17, 15) is 14.7 Å². The van der Waals surface area contributed by atoms with Gasteiger partial charge in [-0.25, -0.2) is 9.59 Å². The van der Waals surface area contributed by atoms with Crippen LogP contribution >= 0.6 is 11.8 Å². The van der Waals surface area contributed by atoms with Gasteiger partial charge in [0.05, 0.1) is 5.37 Å². The summed E-state index contributed by atoms with van der Waals surface area (Å²) in [5.74, 6) is -0.424. The highest BCUT2D eigenvalue weighted by molar-refractivity contribution is 8.00. The predicted octanol–water partition coefficient (Wildman–Crippen LogP) is 3.29. The standard InChI is InChI=1S/C15H28N2O3S/c1-4-6-7-9-11(3)16-15(20)17-12(14(18)19)10-21-13(17)8-5-2/h11-13H,4-10H2,1-3H3,(H,16,20)(H,18,19). The second-order valence-electron chi connectivity index (χ2n) is 5.68. The molecule has 0 bridgehead atoms. The summed E-state index contributed by atoms with van der Waals surface area (Å²) >= 11 is 1.57. The Bertz CT molecular complexity index is 352. The maximum absolute atomic E-state index is 12.4. The summed E-state index contributed by atoms with van der Waals surface area (Å²) in [7, 11) is 0. The molecule has 3 unspecified atom stereocenters. The molecule has 122 valence electrons. The number of thioether (sulfide) groups is 1. The van der Waals surface area contributed by atoms with E-state index in [1.165, 1.54) is 4.90 Å². The van der Waals surface area contributed by atoms with Gasteiger partial charge in [-0.1, -0.05) is 39.5 Å². The second kappa shape index (κ2) is 9.18. The zero-order valence-electron chi connectivity index (χ0n) is 13.3. The average molecular weight is 316 g/mol. The maximum atomic E-state index is 12.4. The van der Waals surface area contributed by atoms with Crippen molar-refractivity contribution >= 4 is 23.8 Å². The highest BCUT2D eigenvalue weighted by Gasteiger charge is 2.41. The highest BCUT2D eigenvalue weighted by Crippen LogP contribution is 2.32. The molecule has 2 N–H and O–H groups in total. The number of aliphatic carboxylic acids is 1. The van der Waals surface area contributed by atoms with E-state index in [2.05, 4.69) is 19.2 Å². The van der Waals surface area contributed by atoms with Gasteiger partial charge in [-0.3, -0.25) is 4.90 Å². The summed E-state index contributed by atoms with van der Waals surface area (Å²) in [5, 5.41) is 12.2. The molecule has 1 aliphatic rings. The van der Waals surface area contributed by atoms with Crippen LogP contribution in [0.1, 0.15) is 59.3 Å². The fourth-order valence-corrected chi connectivity index (χ4v) is 4.07. The van der Waals surface area contributed by atoms with Crippen molar-refractivity contribution in [2.24, 2.45) is 0 Å². The van der Waals surface area contributed by atoms with Crippen molar-refractivity contribution in [1.29, 1.82) is 0 Å². The Labute approximate surface area is 131 Å². The van der Waals surface area contributed by atoms with Crippen molar-refractivity contribution in [3.8, 4) is 0 Å². The number of hydrogen-bond donors (Lipinski definition) is 2. The van der Waals surface area contributed by atoms with Gasteiger partial charge in [0, 0.05) is 11.8 Å². The zero-order chi connectivity index (χ0) is 15.8. The Morgan fingerprint density at radius 2 is 2.05 bits per heavy atom. The van der Waals surface area contributed by atoms with Crippen LogP contribution in [0.2, 0.25) is 0 Å². The molecule has 1 fully saturated rings. The topological polar surface area (TPSA) is 69.6 Å². The Morgan fingerprint density at radius 3 is 2.62 bits per heavy atom. The first-order valence-electron chi connectivity index (χ1n) is 7.94. The van der Waals surface area contributed by atoms with E-state index in [-0.39, 0.29) is 17.4 Å². The van der Waals surface area contributed by atoms with Gasteiger partial charge in [-0.05, 0) is 19.8 Å². The molecule has 21 heavy (non-hydrogen) atoms. The third-order valence-electron chi connectivity index (χ3n) is 3.76. The lowest BCUT2D eigenvalue weighted by Crippen LogP contribution is -2.52. The Kier molecular flexibility index (Phi) is 7.93.